The molecule has 1 heterocycles. The minimum absolute atomic E-state index is 0.0739. The highest BCUT2D eigenvalue weighted by atomic mass is 16.3. The highest BCUT2D eigenvalue weighted by Crippen LogP contribution is 2.23. The van der Waals surface area contributed by atoms with Gasteiger partial charge in [-0.1, -0.05) is 0 Å². The van der Waals surface area contributed by atoms with Crippen LogP contribution < -0.4 is 0 Å². The maximum absolute atomic E-state index is 10.5. The second-order valence-corrected chi connectivity index (χ2v) is 7.28. The summed E-state index contributed by atoms with van der Waals surface area (Å²) in [5.74, 6) is 0.332. The summed E-state index contributed by atoms with van der Waals surface area (Å²) in [6, 6.07) is 7.48. The van der Waals surface area contributed by atoms with E-state index in [0.717, 1.165) is 11.1 Å². The van der Waals surface area contributed by atoms with Crippen LogP contribution in [-0.4, -0.2) is 60.7 Å². The van der Waals surface area contributed by atoms with E-state index in [9.17, 15) is 10.2 Å². The Morgan fingerprint density at radius 2 is 1.10 bits per heavy atom. The third-order valence-corrected chi connectivity index (χ3v) is 4.51. The fourth-order valence-electron chi connectivity index (χ4n) is 3.06. The van der Waals surface area contributed by atoms with E-state index in [1.165, 1.54) is 0 Å². The quantitative estimate of drug-likeness (QED) is 0.721. The number of phenolic OH excluding ortho intramolecular Hbond substituents is 2. The van der Waals surface area contributed by atoms with Gasteiger partial charge in [-0.25, -0.2) is 0 Å². The van der Waals surface area contributed by atoms with Crippen molar-refractivity contribution in [3.05, 3.63) is 57.6 Å². The van der Waals surface area contributed by atoms with E-state index in [1.54, 1.807) is 24.9 Å². The van der Waals surface area contributed by atoms with Crippen LogP contribution >= 0.6 is 0 Å². The molecule has 0 amide bonds. The Morgan fingerprint density at radius 1 is 0.690 bits per heavy atom. The molecule has 0 saturated heterocycles. The van der Waals surface area contributed by atoms with Crippen molar-refractivity contribution in [1.82, 2.24) is 0 Å². The molecule has 1 atom stereocenters. The molecule has 29 heavy (non-hydrogen) atoms. The van der Waals surface area contributed by atoms with Crippen LogP contribution in [-0.2, 0) is 0 Å². The van der Waals surface area contributed by atoms with Crippen molar-refractivity contribution in [3.8, 4) is 11.5 Å². The Morgan fingerprint density at radius 3 is 1.59 bits per heavy atom. The van der Waals surface area contributed by atoms with Crippen LogP contribution in [0.1, 0.15) is 40.3 Å². The minimum atomic E-state index is -0.0739. The lowest BCUT2D eigenvalue weighted by Crippen LogP contribution is -2.04. The van der Waals surface area contributed by atoms with Gasteiger partial charge in [0.25, 0.3) is 0 Å². The van der Waals surface area contributed by atoms with Crippen molar-refractivity contribution in [1.29, 1.82) is 0 Å². The summed E-state index contributed by atoms with van der Waals surface area (Å²) >= 11 is 0. The summed E-state index contributed by atoms with van der Waals surface area (Å²) in [5, 5.41) is 21.0. The van der Waals surface area contributed by atoms with Gasteiger partial charge in [0.05, 0.1) is 25.7 Å². The predicted molar refractivity (Wildman–Crippen MR) is 120 cm³/mol. The first kappa shape index (κ1) is 20.5. The molecule has 0 fully saturated rings. The van der Waals surface area contributed by atoms with E-state index in [0.29, 0.717) is 41.9 Å². The monoisotopic (exact) mass is 390 g/mol. The van der Waals surface area contributed by atoms with E-state index in [-0.39, 0.29) is 17.5 Å². The van der Waals surface area contributed by atoms with Gasteiger partial charge in [-0.3, -0.25) is 20.0 Å². The number of benzene rings is 2. The van der Waals surface area contributed by atoms with Crippen LogP contribution in [0.25, 0.3) is 0 Å². The van der Waals surface area contributed by atoms with Crippen LogP contribution in [0, 0.1) is 13.8 Å². The largest absolute Gasteiger partial charge is 0.507 e. The number of hydrogen-bond donors (Lipinski definition) is 2. The first-order valence-corrected chi connectivity index (χ1v) is 9.64. The average molecular weight is 390 g/mol. The van der Waals surface area contributed by atoms with Gasteiger partial charge in [-0.05, 0) is 56.2 Å². The highest BCUT2D eigenvalue weighted by Gasteiger charge is 2.08. The predicted octanol–water partition coefficient (Wildman–Crippen LogP) is 3.49. The molecule has 150 valence electrons. The van der Waals surface area contributed by atoms with Crippen LogP contribution in [0.2, 0.25) is 0 Å². The summed E-state index contributed by atoms with van der Waals surface area (Å²) in [7, 11) is 0. The van der Waals surface area contributed by atoms with Gasteiger partial charge in [-0.2, -0.15) is 0 Å². The SMILES string of the molecule is Cc1cc2c(O)c(c1)C=NCC(C)N=Cc1cc(C)cc(c1O)C=NCCN=C2. The topological polar surface area (TPSA) is 89.9 Å². The molecular weight excluding hydrogens is 364 g/mol. The molecule has 1 aliphatic heterocycles. The lowest BCUT2D eigenvalue weighted by molar-refractivity contribution is 0.472. The highest BCUT2D eigenvalue weighted by molar-refractivity contribution is 5.93. The number of hydrogen-bond acceptors (Lipinski definition) is 6. The molecule has 0 saturated carbocycles. The van der Waals surface area contributed by atoms with E-state index in [4.69, 9.17) is 0 Å². The number of phenols is 2. The summed E-state index contributed by atoms with van der Waals surface area (Å²) in [5.41, 5.74) is 4.67. The van der Waals surface area contributed by atoms with Gasteiger partial charge in [0.2, 0.25) is 0 Å². The van der Waals surface area contributed by atoms with Crippen molar-refractivity contribution in [2.45, 2.75) is 26.8 Å². The van der Waals surface area contributed by atoms with Crippen LogP contribution in [0.5, 0.6) is 11.5 Å². The summed E-state index contributed by atoms with van der Waals surface area (Å²) in [4.78, 5) is 17.7. The Balaban J connectivity index is 1.96. The summed E-state index contributed by atoms with van der Waals surface area (Å²) < 4.78 is 0. The number of aliphatic imine (C=N–C) groups is 4. The number of nitrogens with zero attached hydrogens (tertiary/aromatic N) is 4. The van der Waals surface area contributed by atoms with E-state index in [2.05, 4.69) is 20.0 Å². The van der Waals surface area contributed by atoms with Gasteiger partial charge >= 0.3 is 0 Å². The third kappa shape index (κ3) is 5.38. The van der Waals surface area contributed by atoms with Crippen LogP contribution in [0.15, 0.2) is 44.2 Å². The molecule has 1 aliphatic rings. The zero-order valence-corrected chi connectivity index (χ0v) is 17.0. The van der Waals surface area contributed by atoms with Gasteiger partial charge in [-0.15, -0.1) is 0 Å². The van der Waals surface area contributed by atoms with Gasteiger partial charge < -0.3 is 10.2 Å². The summed E-state index contributed by atoms with van der Waals surface area (Å²) in [6.45, 7) is 7.32. The lowest BCUT2D eigenvalue weighted by Gasteiger charge is -2.08. The van der Waals surface area contributed by atoms with Gasteiger partial charge in [0.15, 0.2) is 0 Å². The lowest BCUT2D eigenvalue weighted by atomic mass is 10.1. The number of rotatable bonds is 0. The maximum atomic E-state index is 10.5. The fraction of sp³-hybridized carbons (Fsp3) is 0.304. The second kappa shape index (κ2) is 9.28. The number of aromatic hydroxyl groups is 2. The molecule has 2 aromatic carbocycles. The first-order chi connectivity index (χ1) is 13.9. The molecule has 1 unspecified atom stereocenters. The molecule has 3 rings (SSSR count). The van der Waals surface area contributed by atoms with Crippen LogP contribution in [0.3, 0.4) is 0 Å². The zero-order valence-electron chi connectivity index (χ0n) is 17.0. The molecule has 6 heteroatoms. The second-order valence-electron chi connectivity index (χ2n) is 7.28. The Kier molecular flexibility index (Phi) is 6.54. The average Bonchev–Trinajstić information content (AvgIpc) is 2.68. The van der Waals surface area contributed by atoms with Gasteiger partial charge in [0, 0.05) is 47.1 Å². The van der Waals surface area contributed by atoms with Crippen molar-refractivity contribution in [2.24, 2.45) is 20.0 Å². The van der Waals surface area contributed by atoms with Crippen LogP contribution in [0.4, 0.5) is 0 Å². The molecule has 6 nitrogen and oxygen atoms in total. The van der Waals surface area contributed by atoms with E-state index >= 15 is 0 Å². The van der Waals surface area contributed by atoms with Crippen molar-refractivity contribution < 1.29 is 10.2 Å². The van der Waals surface area contributed by atoms with Crippen molar-refractivity contribution in [3.63, 3.8) is 0 Å². The minimum Gasteiger partial charge on any atom is -0.507 e. The Hall–Kier alpha value is -3.28. The first-order valence-electron chi connectivity index (χ1n) is 9.64. The standard InChI is InChI=1S/C23H26N4O2/c1-15-6-18-11-24-4-5-25-12-19-7-16(2)9-21(23(19)29)14-27-17(3)10-26-13-20(8-15)22(18)28/h6-9,11-14,17,28-29H,4-5,10H2,1-3H3. The third-order valence-electron chi connectivity index (χ3n) is 4.51. The Bertz CT molecular complexity index is 1010. The van der Waals surface area contributed by atoms with E-state index in [1.807, 2.05) is 45.0 Å². The molecule has 0 radical (unpaired) electrons. The molecule has 0 spiro atoms. The van der Waals surface area contributed by atoms with Gasteiger partial charge in [0.1, 0.15) is 11.5 Å². The Labute approximate surface area is 171 Å². The zero-order chi connectivity index (χ0) is 20.8. The smallest absolute Gasteiger partial charge is 0.133 e. The molecule has 2 aromatic rings. The molecule has 4 bridgehead atoms. The molecule has 2 N–H and O–H groups in total. The normalized spacial score (nSPS) is 17.1. The van der Waals surface area contributed by atoms with Crippen molar-refractivity contribution >= 4 is 24.9 Å². The number of fused-ring (bicyclic) bond motifs is 4. The molecule has 0 aromatic heterocycles. The van der Waals surface area contributed by atoms with Crippen molar-refractivity contribution in [2.75, 3.05) is 19.6 Å². The maximum Gasteiger partial charge on any atom is 0.133 e. The summed E-state index contributed by atoms with van der Waals surface area (Å²) in [6.07, 6.45) is 6.67. The molecule has 0 aliphatic carbocycles. The van der Waals surface area contributed by atoms with E-state index < -0.39 is 0 Å². The molecular formula is C23H26N4O2. The number of aryl methyl sites for hydroxylation is 2. The fourth-order valence-corrected chi connectivity index (χ4v) is 3.06.